The fourth-order valence-corrected chi connectivity index (χ4v) is 3.88. The number of aryl methyl sites for hydroxylation is 2. The number of halogens is 3. The van der Waals surface area contributed by atoms with Crippen molar-refractivity contribution in [3.05, 3.63) is 77.0 Å². The Labute approximate surface area is 150 Å². The lowest BCUT2D eigenvalue weighted by molar-refractivity contribution is -0.171. The Morgan fingerprint density at radius 3 is 2.19 bits per heavy atom. The van der Waals surface area contributed by atoms with Crippen LogP contribution in [-0.4, -0.2) is 11.2 Å². The van der Waals surface area contributed by atoms with Crippen molar-refractivity contribution in [1.29, 1.82) is 0 Å². The minimum atomic E-state index is -4.41. The van der Waals surface area contributed by atoms with Crippen LogP contribution < -0.4 is 0 Å². The summed E-state index contributed by atoms with van der Waals surface area (Å²) in [6.45, 7) is 5.17. The van der Waals surface area contributed by atoms with E-state index >= 15 is 0 Å². The SMILES string of the molecule is Cc1cnc(-c2cccc3c2C(C)(C(F)(F)F)c2ccccc2-3)cc1C. The number of benzene rings is 2. The van der Waals surface area contributed by atoms with Gasteiger partial charge < -0.3 is 0 Å². The van der Waals surface area contributed by atoms with E-state index in [1.165, 1.54) is 6.92 Å². The summed E-state index contributed by atoms with van der Waals surface area (Å²) >= 11 is 0. The standard InChI is InChI=1S/C22H18F3N/c1-13-11-19(26-12-14(13)2)17-9-6-8-16-15-7-4-5-10-18(15)21(3,20(16)17)22(23,24)25/h4-12H,1-3H3. The molecule has 0 amide bonds. The molecule has 2 aromatic carbocycles. The van der Waals surface area contributed by atoms with Crippen molar-refractivity contribution in [2.45, 2.75) is 32.4 Å². The Balaban J connectivity index is 2.09. The molecule has 1 heterocycles. The van der Waals surface area contributed by atoms with E-state index in [1.54, 1.807) is 42.6 Å². The van der Waals surface area contributed by atoms with Crippen LogP contribution >= 0.6 is 0 Å². The molecule has 1 aliphatic rings. The first kappa shape index (κ1) is 16.8. The normalized spacial score (nSPS) is 18.5. The van der Waals surface area contributed by atoms with E-state index in [2.05, 4.69) is 4.98 Å². The average molecular weight is 353 g/mol. The summed E-state index contributed by atoms with van der Waals surface area (Å²) in [5.74, 6) is 0. The summed E-state index contributed by atoms with van der Waals surface area (Å²) in [6, 6.07) is 14.0. The van der Waals surface area contributed by atoms with Gasteiger partial charge in [0.25, 0.3) is 0 Å². The first-order valence-electron chi connectivity index (χ1n) is 8.49. The zero-order valence-corrected chi connectivity index (χ0v) is 14.8. The molecule has 26 heavy (non-hydrogen) atoms. The van der Waals surface area contributed by atoms with Gasteiger partial charge in [-0.15, -0.1) is 0 Å². The Morgan fingerprint density at radius 1 is 0.846 bits per heavy atom. The quantitative estimate of drug-likeness (QED) is 0.506. The van der Waals surface area contributed by atoms with Crippen LogP contribution in [0.25, 0.3) is 22.4 Å². The number of aromatic nitrogens is 1. The second-order valence-electron chi connectivity index (χ2n) is 7.05. The molecule has 1 aromatic heterocycles. The highest BCUT2D eigenvalue weighted by atomic mass is 19.4. The van der Waals surface area contributed by atoms with Crippen molar-refractivity contribution >= 4 is 0 Å². The smallest absolute Gasteiger partial charge is 0.256 e. The van der Waals surface area contributed by atoms with Gasteiger partial charge in [0, 0.05) is 11.8 Å². The topological polar surface area (TPSA) is 12.9 Å². The Hall–Kier alpha value is -2.62. The molecule has 0 bridgehead atoms. The molecule has 1 nitrogen and oxygen atoms in total. The van der Waals surface area contributed by atoms with Crippen LogP contribution in [0.1, 0.15) is 29.2 Å². The zero-order valence-electron chi connectivity index (χ0n) is 14.8. The predicted octanol–water partition coefficient (Wildman–Crippen LogP) is 6.21. The van der Waals surface area contributed by atoms with Gasteiger partial charge in [0.2, 0.25) is 0 Å². The number of fused-ring (bicyclic) bond motifs is 3. The second kappa shape index (κ2) is 5.44. The van der Waals surface area contributed by atoms with E-state index in [9.17, 15) is 13.2 Å². The van der Waals surface area contributed by atoms with Crippen molar-refractivity contribution in [2.75, 3.05) is 0 Å². The highest BCUT2D eigenvalue weighted by Gasteiger charge is 2.58. The molecular weight excluding hydrogens is 335 g/mol. The maximum Gasteiger partial charge on any atom is 0.402 e. The summed E-state index contributed by atoms with van der Waals surface area (Å²) in [4.78, 5) is 4.43. The molecule has 0 radical (unpaired) electrons. The molecule has 1 aliphatic carbocycles. The Morgan fingerprint density at radius 2 is 1.50 bits per heavy atom. The first-order valence-corrected chi connectivity index (χ1v) is 8.49. The van der Waals surface area contributed by atoms with Gasteiger partial charge in [-0.1, -0.05) is 42.5 Å². The third kappa shape index (κ3) is 2.14. The number of rotatable bonds is 1. The fraction of sp³-hybridized carbons (Fsp3) is 0.227. The molecule has 0 N–H and O–H groups in total. The summed E-state index contributed by atoms with van der Waals surface area (Å²) < 4.78 is 43.0. The zero-order chi connectivity index (χ0) is 18.7. The molecule has 3 aromatic rings. The Kier molecular flexibility index (Phi) is 3.52. The van der Waals surface area contributed by atoms with Crippen LogP contribution in [0, 0.1) is 13.8 Å². The van der Waals surface area contributed by atoms with Gasteiger partial charge in [-0.2, -0.15) is 13.2 Å². The predicted molar refractivity (Wildman–Crippen MR) is 97.1 cm³/mol. The van der Waals surface area contributed by atoms with E-state index in [0.29, 0.717) is 33.5 Å². The van der Waals surface area contributed by atoms with E-state index < -0.39 is 11.6 Å². The van der Waals surface area contributed by atoms with Crippen LogP contribution in [0.4, 0.5) is 13.2 Å². The lowest BCUT2D eigenvalue weighted by atomic mass is 9.77. The van der Waals surface area contributed by atoms with E-state index in [4.69, 9.17) is 0 Å². The van der Waals surface area contributed by atoms with Crippen LogP contribution in [0.3, 0.4) is 0 Å². The lowest BCUT2D eigenvalue weighted by Crippen LogP contribution is -2.39. The number of hydrogen-bond acceptors (Lipinski definition) is 1. The highest BCUT2D eigenvalue weighted by molar-refractivity contribution is 5.88. The second-order valence-corrected chi connectivity index (χ2v) is 7.05. The van der Waals surface area contributed by atoms with Crippen molar-refractivity contribution in [2.24, 2.45) is 0 Å². The average Bonchev–Trinajstić information content (AvgIpc) is 2.88. The number of hydrogen-bond donors (Lipinski definition) is 0. The van der Waals surface area contributed by atoms with Crippen molar-refractivity contribution in [3.63, 3.8) is 0 Å². The lowest BCUT2D eigenvalue weighted by Gasteiger charge is -2.31. The van der Waals surface area contributed by atoms with E-state index in [0.717, 1.165) is 11.1 Å². The maximum atomic E-state index is 14.3. The number of nitrogens with zero attached hydrogens (tertiary/aromatic N) is 1. The van der Waals surface area contributed by atoms with Crippen LogP contribution in [0.2, 0.25) is 0 Å². The first-order chi connectivity index (χ1) is 12.2. The molecule has 132 valence electrons. The number of alkyl halides is 3. The van der Waals surface area contributed by atoms with Gasteiger partial charge >= 0.3 is 6.18 Å². The third-order valence-corrected chi connectivity index (χ3v) is 5.54. The molecule has 1 unspecified atom stereocenters. The van der Waals surface area contributed by atoms with Gasteiger partial charge in [-0.25, -0.2) is 0 Å². The molecule has 4 rings (SSSR count). The van der Waals surface area contributed by atoms with Crippen molar-refractivity contribution < 1.29 is 13.2 Å². The largest absolute Gasteiger partial charge is 0.402 e. The summed E-state index contributed by atoms with van der Waals surface area (Å²) in [5.41, 5.74) is 2.97. The van der Waals surface area contributed by atoms with Crippen LogP contribution in [0.15, 0.2) is 54.7 Å². The third-order valence-electron chi connectivity index (χ3n) is 5.54. The van der Waals surface area contributed by atoms with Crippen molar-refractivity contribution in [1.82, 2.24) is 4.98 Å². The molecule has 4 heteroatoms. The highest BCUT2D eigenvalue weighted by Crippen LogP contribution is 2.58. The summed E-state index contributed by atoms with van der Waals surface area (Å²) in [7, 11) is 0. The van der Waals surface area contributed by atoms with Crippen LogP contribution in [0.5, 0.6) is 0 Å². The summed E-state index contributed by atoms with van der Waals surface area (Å²) in [6.07, 6.45) is -2.69. The van der Waals surface area contributed by atoms with Crippen molar-refractivity contribution in [3.8, 4) is 22.4 Å². The van der Waals surface area contributed by atoms with Gasteiger partial charge in [0.1, 0.15) is 5.41 Å². The summed E-state index contributed by atoms with van der Waals surface area (Å²) in [5, 5.41) is 0. The van der Waals surface area contributed by atoms with E-state index in [-0.39, 0.29) is 0 Å². The minimum Gasteiger partial charge on any atom is -0.256 e. The number of pyridine rings is 1. The molecular formula is C22H18F3N. The van der Waals surface area contributed by atoms with Crippen LogP contribution in [-0.2, 0) is 5.41 Å². The minimum absolute atomic E-state index is 0.296. The fourth-order valence-electron chi connectivity index (χ4n) is 3.88. The molecule has 0 aliphatic heterocycles. The molecule has 0 saturated carbocycles. The van der Waals surface area contributed by atoms with Gasteiger partial charge in [-0.3, -0.25) is 4.98 Å². The molecule has 0 fully saturated rings. The Bertz CT molecular complexity index is 1020. The molecule has 0 saturated heterocycles. The molecule has 0 spiro atoms. The van der Waals surface area contributed by atoms with Gasteiger partial charge in [0.05, 0.1) is 5.69 Å². The van der Waals surface area contributed by atoms with Gasteiger partial charge in [-0.05, 0) is 60.2 Å². The van der Waals surface area contributed by atoms with Gasteiger partial charge in [0.15, 0.2) is 0 Å². The molecule has 1 atom stereocenters. The van der Waals surface area contributed by atoms with E-state index in [1.807, 2.05) is 26.0 Å². The monoisotopic (exact) mass is 353 g/mol. The maximum absolute atomic E-state index is 14.3.